The van der Waals surface area contributed by atoms with Crippen LogP contribution in [0.4, 0.5) is 19.1 Å². The fourth-order valence-electron chi connectivity index (χ4n) is 3.20. The van der Waals surface area contributed by atoms with Crippen LogP contribution in [0, 0.1) is 23.4 Å². The molecule has 0 spiro atoms. The third kappa shape index (κ3) is 7.71. The van der Waals surface area contributed by atoms with E-state index in [1.165, 1.54) is 6.92 Å². The summed E-state index contributed by atoms with van der Waals surface area (Å²) in [6.07, 6.45) is 0.507. The van der Waals surface area contributed by atoms with Crippen LogP contribution in [0.2, 0.25) is 0 Å². The van der Waals surface area contributed by atoms with Crippen molar-refractivity contribution in [2.24, 2.45) is 11.1 Å². The molecule has 0 aliphatic carbocycles. The summed E-state index contributed by atoms with van der Waals surface area (Å²) >= 11 is 0. The molecule has 1 aromatic carbocycles. The molecule has 31 heavy (non-hydrogen) atoms. The van der Waals surface area contributed by atoms with Gasteiger partial charge in [0.15, 0.2) is 5.82 Å². The van der Waals surface area contributed by atoms with Gasteiger partial charge >= 0.3 is 0 Å². The molecular formula is C19H26F3N5O3S. The number of aliphatic hydroxyl groups is 1. The summed E-state index contributed by atoms with van der Waals surface area (Å²) in [5.41, 5.74) is -0.336. The highest BCUT2D eigenvalue weighted by molar-refractivity contribution is 7.88. The Kier molecular flexibility index (Phi) is 8.32. The van der Waals surface area contributed by atoms with Crippen LogP contribution >= 0.6 is 0 Å². The highest BCUT2D eigenvalue weighted by Gasteiger charge is 2.21. The fourth-order valence-corrected chi connectivity index (χ4v) is 3.69. The maximum atomic E-state index is 14.1. The van der Waals surface area contributed by atoms with Gasteiger partial charge in [-0.15, -0.1) is 0 Å². The van der Waals surface area contributed by atoms with Crippen LogP contribution in [0.5, 0.6) is 0 Å². The minimum absolute atomic E-state index is 0.00981. The van der Waals surface area contributed by atoms with Crippen molar-refractivity contribution in [3.63, 3.8) is 0 Å². The molecule has 172 valence electrons. The second kappa shape index (κ2) is 10.3. The lowest BCUT2D eigenvalue weighted by molar-refractivity contribution is 0.259. The minimum atomic E-state index is -3.95. The van der Waals surface area contributed by atoms with E-state index >= 15 is 0 Å². The number of primary sulfonamides is 1. The van der Waals surface area contributed by atoms with Gasteiger partial charge in [0, 0.05) is 24.1 Å². The predicted octanol–water partition coefficient (Wildman–Crippen LogP) is 2.24. The van der Waals surface area contributed by atoms with Gasteiger partial charge in [-0.05, 0) is 18.3 Å². The van der Waals surface area contributed by atoms with Gasteiger partial charge in [-0.2, -0.15) is 9.97 Å². The predicted molar refractivity (Wildman–Crippen MR) is 109 cm³/mol. The fraction of sp³-hybridized carbons (Fsp3) is 0.526. The molecule has 0 aliphatic rings. The summed E-state index contributed by atoms with van der Waals surface area (Å²) < 4.78 is 64.4. The first-order valence-electron chi connectivity index (χ1n) is 9.64. The lowest BCUT2D eigenvalue weighted by Gasteiger charge is -2.19. The van der Waals surface area contributed by atoms with E-state index in [-0.39, 0.29) is 42.1 Å². The lowest BCUT2D eigenvalue weighted by atomic mass is 9.96. The number of rotatable bonds is 10. The van der Waals surface area contributed by atoms with E-state index in [1.807, 2.05) is 13.8 Å². The summed E-state index contributed by atoms with van der Waals surface area (Å²) in [7, 11) is -3.95. The summed E-state index contributed by atoms with van der Waals surface area (Å²) in [4.78, 5) is 12.3. The van der Waals surface area contributed by atoms with E-state index in [9.17, 15) is 26.7 Å². The molecule has 0 saturated carbocycles. The van der Waals surface area contributed by atoms with E-state index < -0.39 is 45.2 Å². The molecule has 12 heteroatoms. The quantitative estimate of drug-likeness (QED) is 0.494. The summed E-state index contributed by atoms with van der Waals surface area (Å²) in [5, 5.41) is 17.6. The van der Waals surface area contributed by atoms with Crippen molar-refractivity contribution in [2.45, 2.75) is 51.3 Å². The summed E-state index contributed by atoms with van der Waals surface area (Å²) in [6.45, 7) is 5.21. The van der Waals surface area contributed by atoms with Crippen molar-refractivity contribution in [3.8, 4) is 0 Å². The number of anilines is 1. The van der Waals surface area contributed by atoms with Crippen LogP contribution in [0.1, 0.15) is 50.3 Å². The van der Waals surface area contributed by atoms with E-state index in [0.717, 1.165) is 0 Å². The van der Waals surface area contributed by atoms with Crippen molar-refractivity contribution < 1.29 is 26.7 Å². The molecule has 8 nitrogen and oxygen atoms in total. The summed E-state index contributed by atoms with van der Waals surface area (Å²) in [5.74, 6) is -4.40. The zero-order chi connectivity index (χ0) is 23.3. The maximum Gasteiger partial charge on any atom is 0.226 e. The van der Waals surface area contributed by atoms with Crippen molar-refractivity contribution >= 4 is 16.0 Å². The summed E-state index contributed by atoms with van der Waals surface area (Å²) in [6, 6.07) is 0.765. The van der Waals surface area contributed by atoms with Crippen LogP contribution in [-0.4, -0.2) is 41.1 Å². The number of aliphatic hydroxyl groups excluding tert-OH is 1. The Bertz CT molecular complexity index is 998. The van der Waals surface area contributed by atoms with Gasteiger partial charge < -0.3 is 10.4 Å². The number of aromatic nitrogens is 3. The average Bonchev–Trinajstić information content (AvgIpc) is 2.57. The lowest BCUT2D eigenvalue weighted by Crippen LogP contribution is -2.28. The molecule has 2 rings (SSSR count). The van der Waals surface area contributed by atoms with E-state index in [2.05, 4.69) is 20.3 Å². The zero-order valence-corrected chi connectivity index (χ0v) is 18.3. The molecule has 0 aliphatic heterocycles. The molecule has 2 aromatic rings. The molecule has 0 bridgehead atoms. The van der Waals surface area contributed by atoms with Crippen LogP contribution in [0.15, 0.2) is 12.1 Å². The van der Waals surface area contributed by atoms with Crippen molar-refractivity contribution in [3.05, 3.63) is 46.8 Å². The average molecular weight is 462 g/mol. The van der Waals surface area contributed by atoms with Crippen LogP contribution < -0.4 is 10.5 Å². The molecule has 0 fully saturated rings. The molecule has 0 radical (unpaired) electrons. The Labute approximate surface area is 179 Å². The number of sulfonamides is 1. The molecule has 4 N–H and O–H groups in total. The highest BCUT2D eigenvalue weighted by atomic mass is 32.2. The molecule has 0 amide bonds. The number of nitrogens with one attached hydrogen (secondary N) is 1. The number of hydrogen-bond donors (Lipinski definition) is 3. The van der Waals surface area contributed by atoms with Crippen molar-refractivity contribution in [1.82, 2.24) is 15.0 Å². The molecular weight excluding hydrogens is 435 g/mol. The largest absolute Gasteiger partial charge is 0.394 e. The standard InChI is InChI=1S/C19H26F3N5O3S/c1-10(2)4-13(8-28)24-19-26-16(25-17(27-19)9-31(23,29)30)5-11(3)18-14(21)6-12(20)7-15(18)22/h6-7,10-11,13,28H,4-5,8-9H2,1-3H3,(H2,23,29,30)(H,24,25,26,27)/t11-,13+/m0/s1. The first-order chi connectivity index (χ1) is 14.4. The van der Waals surface area contributed by atoms with Crippen molar-refractivity contribution in [2.75, 3.05) is 11.9 Å². The first kappa shape index (κ1) is 25.0. The highest BCUT2D eigenvalue weighted by Crippen LogP contribution is 2.26. The van der Waals surface area contributed by atoms with Crippen LogP contribution in [0.25, 0.3) is 0 Å². The third-order valence-electron chi connectivity index (χ3n) is 4.39. The first-order valence-corrected chi connectivity index (χ1v) is 11.4. The Morgan fingerprint density at radius 1 is 1.06 bits per heavy atom. The van der Waals surface area contributed by atoms with Gasteiger partial charge in [0.05, 0.1) is 12.6 Å². The molecule has 1 heterocycles. The second-order valence-electron chi connectivity index (χ2n) is 7.84. The zero-order valence-electron chi connectivity index (χ0n) is 17.4. The Balaban J connectivity index is 2.38. The molecule has 0 saturated heterocycles. The van der Waals surface area contributed by atoms with Crippen molar-refractivity contribution in [1.29, 1.82) is 0 Å². The van der Waals surface area contributed by atoms with Gasteiger partial charge in [-0.25, -0.2) is 31.7 Å². The van der Waals surface area contributed by atoms with E-state index in [4.69, 9.17) is 5.14 Å². The molecule has 1 aromatic heterocycles. The smallest absolute Gasteiger partial charge is 0.226 e. The van der Waals surface area contributed by atoms with Gasteiger partial charge in [0.2, 0.25) is 16.0 Å². The van der Waals surface area contributed by atoms with E-state index in [0.29, 0.717) is 18.6 Å². The number of halogens is 3. The third-order valence-corrected chi connectivity index (χ3v) is 5.05. The van der Waals surface area contributed by atoms with E-state index in [1.54, 1.807) is 0 Å². The second-order valence-corrected chi connectivity index (χ2v) is 9.45. The van der Waals surface area contributed by atoms with Crippen LogP contribution in [-0.2, 0) is 22.2 Å². The number of nitrogens with zero attached hydrogens (tertiary/aromatic N) is 3. The Morgan fingerprint density at radius 2 is 1.65 bits per heavy atom. The molecule has 2 atom stereocenters. The SMILES string of the molecule is CC(C)C[C@H](CO)Nc1nc(C[C@H](C)c2c(F)cc(F)cc2F)nc(CS(N)(=O)=O)n1. The van der Waals surface area contributed by atoms with Gasteiger partial charge in [0.1, 0.15) is 29.0 Å². The maximum absolute atomic E-state index is 14.1. The van der Waals surface area contributed by atoms with Gasteiger partial charge in [-0.3, -0.25) is 0 Å². The molecule has 0 unspecified atom stereocenters. The Morgan fingerprint density at radius 3 is 2.16 bits per heavy atom. The Hall–Kier alpha value is -2.31. The van der Waals surface area contributed by atoms with Gasteiger partial charge in [-0.1, -0.05) is 20.8 Å². The number of hydrogen-bond acceptors (Lipinski definition) is 7. The topological polar surface area (TPSA) is 131 Å². The number of benzene rings is 1. The minimum Gasteiger partial charge on any atom is -0.394 e. The monoisotopic (exact) mass is 461 g/mol. The normalized spacial score (nSPS) is 14.0. The van der Waals surface area contributed by atoms with Gasteiger partial charge in [0.25, 0.3) is 0 Å². The number of nitrogens with two attached hydrogens (primary N) is 1. The van der Waals surface area contributed by atoms with Crippen LogP contribution in [0.3, 0.4) is 0 Å².